The zero-order chi connectivity index (χ0) is 17.7. The van der Waals surface area contributed by atoms with Crippen LogP contribution in [0.5, 0.6) is 5.88 Å². The third-order valence-electron chi connectivity index (χ3n) is 4.07. The molecule has 0 N–H and O–H groups in total. The van der Waals surface area contributed by atoms with Crippen molar-refractivity contribution in [1.29, 1.82) is 0 Å². The Balaban J connectivity index is 1.93. The maximum absolute atomic E-state index is 12.9. The van der Waals surface area contributed by atoms with Gasteiger partial charge in [-0.2, -0.15) is 0 Å². The van der Waals surface area contributed by atoms with Gasteiger partial charge in [0.05, 0.1) is 12.8 Å². The van der Waals surface area contributed by atoms with Crippen molar-refractivity contribution in [3.8, 4) is 5.88 Å². The van der Waals surface area contributed by atoms with Gasteiger partial charge in [0.15, 0.2) is 0 Å². The summed E-state index contributed by atoms with van der Waals surface area (Å²) in [5, 5.41) is 0. The Morgan fingerprint density at radius 1 is 1.38 bits per heavy atom. The van der Waals surface area contributed by atoms with E-state index in [9.17, 15) is 9.18 Å². The summed E-state index contributed by atoms with van der Waals surface area (Å²) in [6.07, 6.45) is 3.70. The molecule has 2 atom stereocenters. The zero-order valence-electron chi connectivity index (χ0n) is 14.9. The molecular weight excluding hydrogens is 311 g/mol. The predicted molar refractivity (Wildman–Crippen MR) is 89.4 cm³/mol. The first-order chi connectivity index (χ1) is 11.3. The lowest BCUT2D eigenvalue weighted by Crippen LogP contribution is -2.49. The lowest BCUT2D eigenvalue weighted by Gasteiger charge is -2.39. The fraction of sp³-hybridized carbons (Fsp3) is 0.667. The lowest BCUT2D eigenvalue weighted by atomic mass is 9.92. The number of halogens is 1. The van der Waals surface area contributed by atoms with E-state index in [1.54, 1.807) is 0 Å². The lowest BCUT2D eigenvalue weighted by molar-refractivity contribution is -0.00123. The third kappa shape index (κ3) is 5.35. The van der Waals surface area contributed by atoms with Crippen molar-refractivity contribution in [1.82, 2.24) is 9.88 Å². The highest BCUT2D eigenvalue weighted by Gasteiger charge is 2.33. The van der Waals surface area contributed by atoms with Crippen LogP contribution in [-0.4, -0.2) is 40.8 Å². The van der Waals surface area contributed by atoms with Crippen molar-refractivity contribution >= 4 is 6.09 Å². The Morgan fingerprint density at radius 2 is 2.12 bits per heavy atom. The number of pyridine rings is 1. The number of hydrogen-bond acceptors (Lipinski definition) is 4. The largest absolute Gasteiger partial charge is 0.477 e. The summed E-state index contributed by atoms with van der Waals surface area (Å²) >= 11 is 0. The van der Waals surface area contributed by atoms with Gasteiger partial charge in [-0.3, -0.25) is 0 Å². The number of hydrogen-bond donors (Lipinski definition) is 0. The van der Waals surface area contributed by atoms with Gasteiger partial charge < -0.3 is 14.4 Å². The molecule has 6 heteroatoms. The Morgan fingerprint density at radius 3 is 2.71 bits per heavy atom. The fourth-order valence-corrected chi connectivity index (χ4v) is 2.86. The standard InChI is InChI=1S/C18H27FN2O3/c1-5-15-8-6-13(11-21(15)17(22)24-18(2,3)4)12-23-16-9-7-14(19)10-20-16/h7,9-10,13,15H,5-6,8,11-12H2,1-4H3. The Labute approximate surface area is 143 Å². The van der Waals surface area contributed by atoms with Gasteiger partial charge in [-0.1, -0.05) is 6.92 Å². The molecule has 1 aliphatic rings. The van der Waals surface area contributed by atoms with Crippen molar-refractivity contribution in [3.63, 3.8) is 0 Å². The van der Waals surface area contributed by atoms with Crippen LogP contribution in [0.4, 0.5) is 9.18 Å². The highest BCUT2D eigenvalue weighted by molar-refractivity contribution is 5.68. The second-order valence-electron chi connectivity index (χ2n) is 7.26. The monoisotopic (exact) mass is 338 g/mol. The minimum absolute atomic E-state index is 0.208. The number of nitrogens with zero attached hydrogens (tertiary/aromatic N) is 2. The van der Waals surface area contributed by atoms with Gasteiger partial charge >= 0.3 is 6.09 Å². The Bertz CT molecular complexity index is 542. The van der Waals surface area contributed by atoms with E-state index in [-0.39, 0.29) is 23.9 Å². The van der Waals surface area contributed by atoms with E-state index in [0.29, 0.717) is 19.0 Å². The molecule has 1 amide bonds. The summed E-state index contributed by atoms with van der Waals surface area (Å²) in [6, 6.07) is 3.04. The van der Waals surface area contributed by atoms with Crippen LogP contribution in [0, 0.1) is 11.7 Å². The number of rotatable bonds is 4. The molecule has 1 aliphatic heterocycles. The maximum atomic E-state index is 12.9. The SMILES string of the molecule is CCC1CCC(COc2ccc(F)cn2)CN1C(=O)OC(C)(C)C. The molecule has 0 radical (unpaired) electrons. The number of carbonyl (C=O) groups is 1. The van der Waals surface area contributed by atoms with Gasteiger partial charge in [-0.25, -0.2) is 14.2 Å². The van der Waals surface area contributed by atoms with E-state index in [0.717, 1.165) is 25.5 Å². The summed E-state index contributed by atoms with van der Waals surface area (Å²) in [6.45, 7) is 8.76. The Hall–Kier alpha value is -1.85. The predicted octanol–water partition coefficient (Wildman–Crippen LogP) is 4.03. The highest BCUT2D eigenvalue weighted by atomic mass is 19.1. The summed E-state index contributed by atoms with van der Waals surface area (Å²) in [5.74, 6) is 0.229. The molecule has 0 aromatic carbocycles. The van der Waals surface area contributed by atoms with Crippen LogP contribution in [0.3, 0.4) is 0 Å². The van der Waals surface area contributed by atoms with E-state index >= 15 is 0 Å². The van der Waals surface area contributed by atoms with E-state index < -0.39 is 5.60 Å². The number of aromatic nitrogens is 1. The number of amides is 1. The van der Waals surface area contributed by atoms with Crippen molar-refractivity contribution in [2.24, 2.45) is 5.92 Å². The summed E-state index contributed by atoms with van der Waals surface area (Å²) in [4.78, 5) is 18.2. The molecule has 0 spiro atoms. The van der Waals surface area contributed by atoms with Crippen LogP contribution < -0.4 is 4.74 Å². The summed E-state index contributed by atoms with van der Waals surface area (Å²) < 4.78 is 24.0. The van der Waals surface area contributed by atoms with Crippen molar-refractivity contribution < 1.29 is 18.7 Å². The van der Waals surface area contributed by atoms with Crippen LogP contribution in [-0.2, 0) is 4.74 Å². The minimum atomic E-state index is -0.503. The van der Waals surface area contributed by atoms with E-state index in [2.05, 4.69) is 11.9 Å². The Kier molecular flexibility index (Phi) is 6.02. The fourth-order valence-electron chi connectivity index (χ4n) is 2.86. The first-order valence-corrected chi connectivity index (χ1v) is 8.52. The second kappa shape index (κ2) is 7.81. The van der Waals surface area contributed by atoms with Gasteiger partial charge in [0.1, 0.15) is 11.4 Å². The molecular formula is C18H27FN2O3. The first kappa shape index (κ1) is 18.5. The molecule has 0 aliphatic carbocycles. The molecule has 5 nitrogen and oxygen atoms in total. The normalized spacial score (nSPS) is 21.5. The smallest absolute Gasteiger partial charge is 0.410 e. The number of likely N-dealkylation sites (tertiary alicyclic amines) is 1. The van der Waals surface area contributed by atoms with Crippen molar-refractivity contribution in [2.45, 2.75) is 58.6 Å². The van der Waals surface area contributed by atoms with E-state index in [1.165, 1.54) is 12.1 Å². The second-order valence-corrected chi connectivity index (χ2v) is 7.26. The number of piperidine rings is 1. The third-order valence-corrected chi connectivity index (χ3v) is 4.07. The maximum Gasteiger partial charge on any atom is 0.410 e. The average Bonchev–Trinajstić information content (AvgIpc) is 2.52. The van der Waals surface area contributed by atoms with Crippen LogP contribution in [0.15, 0.2) is 18.3 Å². The molecule has 1 saturated heterocycles. The zero-order valence-corrected chi connectivity index (χ0v) is 14.9. The van der Waals surface area contributed by atoms with Gasteiger partial charge in [0.25, 0.3) is 0 Å². The van der Waals surface area contributed by atoms with E-state index in [1.807, 2.05) is 25.7 Å². The molecule has 24 heavy (non-hydrogen) atoms. The highest BCUT2D eigenvalue weighted by Crippen LogP contribution is 2.26. The van der Waals surface area contributed by atoms with Crippen molar-refractivity contribution in [2.75, 3.05) is 13.2 Å². The van der Waals surface area contributed by atoms with Crippen LogP contribution in [0.1, 0.15) is 47.0 Å². The van der Waals surface area contributed by atoms with Crippen LogP contribution in [0.2, 0.25) is 0 Å². The molecule has 134 valence electrons. The molecule has 1 aromatic heterocycles. The van der Waals surface area contributed by atoms with Crippen LogP contribution >= 0.6 is 0 Å². The van der Waals surface area contributed by atoms with Gasteiger partial charge in [0.2, 0.25) is 5.88 Å². The quantitative estimate of drug-likeness (QED) is 0.832. The van der Waals surface area contributed by atoms with E-state index in [4.69, 9.17) is 9.47 Å². The number of carbonyl (C=O) groups excluding carboxylic acids is 1. The van der Waals surface area contributed by atoms with Gasteiger partial charge in [0, 0.05) is 24.6 Å². The van der Waals surface area contributed by atoms with Gasteiger partial charge in [-0.05, 0) is 46.1 Å². The molecule has 1 fully saturated rings. The molecule has 0 bridgehead atoms. The first-order valence-electron chi connectivity index (χ1n) is 8.52. The molecule has 1 aromatic rings. The number of ether oxygens (including phenoxy) is 2. The van der Waals surface area contributed by atoms with Gasteiger partial charge in [-0.15, -0.1) is 0 Å². The summed E-state index contributed by atoms with van der Waals surface area (Å²) in [7, 11) is 0. The van der Waals surface area contributed by atoms with Crippen LogP contribution in [0.25, 0.3) is 0 Å². The minimum Gasteiger partial charge on any atom is -0.477 e. The molecule has 2 heterocycles. The molecule has 2 rings (SSSR count). The molecule has 2 unspecified atom stereocenters. The average molecular weight is 338 g/mol. The summed E-state index contributed by atoms with van der Waals surface area (Å²) in [5.41, 5.74) is -0.503. The van der Waals surface area contributed by atoms with Crippen molar-refractivity contribution in [3.05, 3.63) is 24.1 Å². The molecule has 0 saturated carbocycles. The topological polar surface area (TPSA) is 51.7 Å².